The molecule has 0 amide bonds. The number of piperidine rings is 1. The summed E-state index contributed by atoms with van der Waals surface area (Å²) in [4.78, 5) is 2.22. The van der Waals surface area contributed by atoms with E-state index in [1.165, 1.54) is 0 Å². The molecule has 2 atom stereocenters. The Morgan fingerprint density at radius 1 is 1.44 bits per heavy atom. The van der Waals surface area contributed by atoms with Crippen LogP contribution < -0.4 is 10.5 Å². The number of rotatable bonds is 7. The molecule has 0 saturated carbocycles. The second-order valence-corrected chi connectivity index (χ2v) is 6.85. The summed E-state index contributed by atoms with van der Waals surface area (Å²) in [5.74, 6) is 0.343. The number of nitrogens with zero attached hydrogens (tertiary/aromatic N) is 1. The van der Waals surface area contributed by atoms with Crippen LogP contribution in [0.5, 0.6) is 0 Å². The van der Waals surface area contributed by atoms with Crippen LogP contribution in [0.25, 0.3) is 0 Å². The summed E-state index contributed by atoms with van der Waals surface area (Å²) in [6, 6.07) is 0.0423. The number of ether oxygens (including phenoxy) is 1. The zero-order valence-corrected chi connectivity index (χ0v) is 12.1. The molecule has 1 aliphatic rings. The van der Waals surface area contributed by atoms with Crippen molar-refractivity contribution in [1.82, 2.24) is 9.62 Å². The molecule has 1 rings (SSSR count). The third kappa shape index (κ3) is 5.62. The zero-order chi connectivity index (χ0) is 13.6. The highest BCUT2D eigenvalue weighted by molar-refractivity contribution is 7.89. The molecule has 3 N–H and O–H groups in total. The van der Waals surface area contributed by atoms with Gasteiger partial charge in [0.2, 0.25) is 10.0 Å². The Morgan fingerprint density at radius 3 is 2.78 bits per heavy atom. The van der Waals surface area contributed by atoms with E-state index >= 15 is 0 Å². The van der Waals surface area contributed by atoms with Crippen LogP contribution >= 0.6 is 0 Å². The van der Waals surface area contributed by atoms with Crippen LogP contribution in [0.3, 0.4) is 0 Å². The summed E-state index contributed by atoms with van der Waals surface area (Å²) in [5, 5.41) is 0. The molecular formula is C11H25N3O3S. The van der Waals surface area contributed by atoms with Gasteiger partial charge in [-0.2, -0.15) is 0 Å². The first-order valence-electron chi connectivity index (χ1n) is 6.41. The maximum absolute atomic E-state index is 11.9. The number of sulfonamides is 1. The minimum Gasteiger partial charge on any atom is -0.379 e. The van der Waals surface area contributed by atoms with Crippen molar-refractivity contribution >= 4 is 10.0 Å². The lowest BCUT2D eigenvalue weighted by atomic mass is 9.95. The van der Waals surface area contributed by atoms with Gasteiger partial charge >= 0.3 is 0 Å². The van der Waals surface area contributed by atoms with Gasteiger partial charge in [0.25, 0.3) is 0 Å². The predicted octanol–water partition coefficient (Wildman–Crippen LogP) is -0.779. The molecule has 1 saturated heterocycles. The molecule has 0 radical (unpaired) electrons. The lowest BCUT2D eigenvalue weighted by Gasteiger charge is -2.34. The van der Waals surface area contributed by atoms with Gasteiger partial charge in [-0.1, -0.05) is 6.92 Å². The summed E-state index contributed by atoms with van der Waals surface area (Å²) < 4.78 is 31.6. The minimum atomic E-state index is -3.25. The Bertz CT molecular complexity index is 334. The van der Waals surface area contributed by atoms with Gasteiger partial charge in [-0.15, -0.1) is 0 Å². The number of hydrogen-bond donors (Lipinski definition) is 2. The predicted molar refractivity (Wildman–Crippen MR) is 71.9 cm³/mol. The first-order valence-corrected chi connectivity index (χ1v) is 8.06. The fourth-order valence-corrected chi connectivity index (χ4v) is 3.44. The molecule has 1 aliphatic heterocycles. The normalized spacial score (nSPS) is 26.4. The van der Waals surface area contributed by atoms with Crippen molar-refractivity contribution in [2.24, 2.45) is 11.7 Å². The molecule has 108 valence electrons. The third-order valence-electron chi connectivity index (χ3n) is 3.20. The second-order valence-electron chi connectivity index (χ2n) is 4.97. The fraction of sp³-hybridized carbons (Fsp3) is 1.00. The first kappa shape index (κ1) is 15.8. The smallest absolute Gasteiger partial charge is 0.214 e. The van der Waals surface area contributed by atoms with Gasteiger partial charge in [0, 0.05) is 19.1 Å². The Morgan fingerprint density at radius 2 is 2.17 bits per heavy atom. The van der Waals surface area contributed by atoms with Crippen molar-refractivity contribution in [3.05, 3.63) is 0 Å². The van der Waals surface area contributed by atoms with E-state index in [-0.39, 0.29) is 18.4 Å². The van der Waals surface area contributed by atoms with E-state index in [1.807, 2.05) is 0 Å². The van der Waals surface area contributed by atoms with E-state index in [9.17, 15) is 8.42 Å². The van der Waals surface area contributed by atoms with Crippen molar-refractivity contribution in [3.8, 4) is 0 Å². The third-order valence-corrected chi connectivity index (χ3v) is 4.56. The van der Waals surface area contributed by atoms with Crippen LogP contribution in [0, 0.1) is 5.92 Å². The SMILES string of the molecule is CC1CN(C)CCC1NS(=O)(=O)CCOCCN. The fourth-order valence-electron chi connectivity index (χ4n) is 2.17. The molecule has 0 bridgehead atoms. The van der Waals surface area contributed by atoms with E-state index < -0.39 is 10.0 Å². The molecule has 1 heterocycles. The van der Waals surface area contributed by atoms with Crippen molar-refractivity contribution in [1.29, 1.82) is 0 Å². The van der Waals surface area contributed by atoms with E-state index in [1.54, 1.807) is 0 Å². The Hall–Kier alpha value is -0.210. The summed E-state index contributed by atoms with van der Waals surface area (Å²) in [6.45, 7) is 4.96. The average molecular weight is 279 g/mol. The summed E-state index contributed by atoms with van der Waals surface area (Å²) in [6.07, 6.45) is 0.862. The zero-order valence-electron chi connectivity index (χ0n) is 11.3. The van der Waals surface area contributed by atoms with Gasteiger partial charge in [0.05, 0.1) is 19.0 Å². The van der Waals surface area contributed by atoms with Crippen molar-refractivity contribution in [2.75, 3.05) is 45.6 Å². The van der Waals surface area contributed by atoms with Gasteiger partial charge in [-0.05, 0) is 25.9 Å². The van der Waals surface area contributed by atoms with Crippen LogP contribution in [0.2, 0.25) is 0 Å². The standard InChI is InChI=1S/C11H25N3O3S/c1-10-9-14(2)5-3-11(10)13-18(15,16)8-7-17-6-4-12/h10-11,13H,3-9,12H2,1-2H3. The molecule has 7 heteroatoms. The van der Waals surface area contributed by atoms with Crippen molar-refractivity contribution in [2.45, 2.75) is 19.4 Å². The molecular weight excluding hydrogens is 254 g/mol. The number of hydrogen-bond acceptors (Lipinski definition) is 5. The van der Waals surface area contributed by atoms with Crippen molar-refractivity contribution < 1.29 is 13.2 Å². The molecule has 0 aliphatic carbocycles. The number of nitrogens with one attached hydrogen (secondary N) is 1. The lowest BCUT2D eigenvalue weighted by molar-refractivity contribution is 0.156. The summed E-state index contributed by atoms with van der Waals surface area (Å²) in [7, 11) is -1.19. The van der Waals surface area contributed by atoms with Crippen LogP contribution in [0.1, 0.15) is 13.3 Å². The monoisotopic (exact) mass is 279 g/mol. The first-order chi connectivity index (χ1) is 8.44. The van der Waals surface area contributed by atoms with E-state index in [0.29, 0.717) is 19.1 Å². The molecule has 0 aromatic carbocycles. The lowest BCUT2D eigenvalue weighted by Crippen LogP contribution is -2.49. The van der Waals surface area contributed by atoms with Gasteiger partial charge in [0.1, 0.15) is 0 Å². The molecule has 1 fully saturated rings. The van der Waals surface area contributed by atoms with Gasteiger partial charge in [-0.3, -0.25) is 0 Å². The minimum absolute atomic E-state index is 0.00601. The summed E-state index contributed by atoms with van der Waals surface area (Å²) in [5.41, 5.74) is 5.26. The molecule has 0 aromatic heterocycles. The maximum Gasteiger partial charge on any atom is 0.214 e. The maximum atomic E-state index is 11.9. The van der Waals surface area contributed by atoms with Gasteiger partial charge in [0.15, 0.2) is 0 Å². The van der Waals surface area contributed by atoms with E-state index in [2.05, 4.69) is 23.6 Å². The Labute approximate surface area is 110 Å². The molecule has 2 unspecified atom stereocenters. The highest BCUT2D eigenvalue weighted by Gasteiger charge is 2.27. The van der Waals surface area contributed by atoms with Crippen LogP contribution in [0.4, 0.5) is 0 Å². The second kappa shape index (κ2) is 7.40. The largest absolute Gasteiger partial charge is 0.379 e. The molecule has 18 heavy (non-hydrogen) atoms. The Kier molecular flexibility index (Phi) is 6.51. The van der Waals surface area contributed by atoms with Crippen LogP contribution in [-0.2, 0) is 14.8 Å². The number of likely N-dealkylation sites (tertiary alicyclic amines) is 1. The van der Waals surface area contributed by atoms with Gasteiger partial charge in [-0.25, -0.2) is 13.1 Å². The van der Waals surface area contributed by atoms with E-state index in [0.717, 1.165) is 19.5 Å². The highest BCUT2D eigenvalue weighted by atomic mass is 32.2. The summed E-state index contributed by atoms with van der Waals surface area (Å²) >= 11 is 0. The molecule has 6 nitrogen and oxygen atoms in total. The van der Waals surface area contributed by atoms with E-state index in [4.69, 9.17) is 10.5 Å². The van der Waals surface area contributed by atoms with Crippen molar-refractivity contribution in [3.63, 3.8) is 0 Å². The van der Waals surface area contributed by atoms with Gasteiger partial charge < -0.3 is 15.4 Å². The van der Waals surface area contributed by atoms with Crippen LogP contribution in [-0.4, -0.2) is 65.0 Å². The molecule has 0 spiro atoms. The topological polar surface area (TPSA) is 84.7 Å². The highest BCUT2D eigenvalue weighted by Crippen LogP contribution is 2.16. The molecule has 0 aromatic rings. The Balaban J connectivity index is 2.35. The number of nitrogens with two attached hydrogens (primary N) is 1. The van der Waals surface area contributed by atoms with Crippen LogP contribution in [0.15, 0.2) is 0 Å². The average Bonchev–Trinajstić information content (AvgIpc) is 2.28. The quantitative estimate of drug-likeness (QED) is 0.597.